The van der Waals surface area contributed by atoms with Gasteiger partial charge in [0, 0.05) is 0 Å². The van der Waals surface area contributed by atoms with Crippen molar-refractivity contribution in [2.24, 2.45) is 0 Å². The van der Waals surface area contributed by atoms with Crippen molar-refractivity contribution in [3.8, 4) is 0 Å². The van der Waals surface area contributed by atoms with Crippen LogP contribution < -0.4 is 0 Å². The molecule has 4 aromatic rings. The summed E-state index contributed by atoms with van der Waals surface area (Å²) in [7, 11) is 0. The van der Waals surface area contributed by atoms with Gasteiger partial charge >= 0.3 is 216 Å². The Labute approximate surface area is 214 Å². The van der Waals surface area contributed by atoms with Crippen LogP contribution in [0.2, 0.25) is 0 Å². The predicted molar refractivity (Wildman–Crippen MR) is 140 cm³/mol. The zero-order valence-electron chi connectivity index (χ0n) is 18.4. The van der Waals surface area contributed by atoms with Crippen LogP contribution in [0.15, 0.2) is 120 Å². The third-order valence-electron chi connectivity index (χ3n) is 8.20. The van der Waals surface area contributed by atoms with Crippen LogP contribution in [-0.4, -0.2) is 31.0 Å². The standard InChI is InChI=1S/C32H21Se2/c33-32-28-15-7-3-11-23(28)25(24-12-4-8-16-29(24)32)19-30(32)34-31-18-17-20(21-9-1-5-13-26(21)31)22-10-2-6-14-27(22)31/h1-20,25H. The summed E-state index contributed by atoms with van der Waals surface area (Å²) in [6.07, 6.45) is 7.63. The van der Waals surface area contributed by atoms with Crippen LogP contribution in [0.25, 0.3) is 0 Å². The van der Waals surface area contributed by atoms with Crippen molar-refractivity contribution in [1.82, 2.24) is 0 Å². The maximum absolute atomic E-state index is 3.76. The average molecular weight is 563 g/mol. The Bertz CT molecular complexity index is 1480. The molecule has 6 aliphatic rings. The summed E-state index contributed by atoms with van der Waals surface area (Å²) in [5, 5.41) is 0. The molecule has 10 rings (SSSR count). The van der Waals surface area contributed by atoms with Crippen molar-refractivity contribution in [1.29, 1.82) is 0 Å². The molecule has 0 heterocycles. The molecule has 0 unspecified atom stereocenters. The van der Waals surface area contributed by atoms with Crippen LogP contribution in [-0.2, 0) is 8.63 Å². The molecule has 0 fully saturated rings. The SMILES string of the molecule is [Se]C12C([Se]C34C=CC(c5ccccc53)c3ccccc34)=CC(c3ccccc31)c1ccccc12. The Kier molecular flexibility index (Phi) is 3.91. The molecule has 0 aliphatic heterocycles. The van der Waals surface area contributed by atoms with E-state index in [0.717, 1.165) is 0 Å². The molecule has 0 amide bonds. The van der Waals surface area contributed by atoms with E-state index >= 15 is 0 Å². The maximum atomic E-state index is 3.76. The fraction of sp³-hybridized carbons (Fsp3) is 0.125. The van der Waals surface area contributed by atoms with Gasteiger partial charge in [-0.2, -0.15) is 0 Å². The van der Waals surface area contributed by atoms with E-state index in [1.807, 2.05) is 0 Å². The van der Waals surface area contributed by atoms with E-state index in [-0.39, 0.29) is 23.6 Å². The van der Waals surface area contributed by atoms with Gasteiger partial charge in [0.25, 0.3) is 0 Å². The monoisotopic (exact) mass is 565 g/mol. The third-order valence-corrected chi connectivity index (χ3v) is 13.5. The first kappa shape index (κ1) is 19.7. The van der Waals surface area contributed by atoms with Crippen molar-refractivity contribution in [2.45, 2.75) is 20.5 Å². The molecule has 0 atom stereocenters. The zero-order valence-corrected chi connectivity index (χ0v) is 21.9. The van der Waals surface area contributed by atoms with Crippen LogP contribution in [0.5, 0.6) is 0 Å². The summed E-state index contributed by atoms with van der Waals surface area (Å²) < 4.78 is 1.29. The first-order chi connectivity index (χ1) is 16.7. The molecule has 0 saturated carbocycles. The molecule has 0 N–H and O–H groups in total. The summed E-state index contributed by atoms with van der Waals surface area (Å²) in [5.41, 5.74) is 11.8. The second kappa shape index (κ2) is 6.75. The molecule has 4 bridgehead atoms. The summed E-state index contributed by atoms with van der Waals surface area (Å²) in [5.74, 6) is 0.718. The number of allylic oxidation sites excluding steroid dienone is 4. The first-order valence-corrected chi connectivity index (χ1v) is 14.5. The molecule has 161 valence electrons. The van der Waals surface area contributed by atoms with Crippen LogP contribution in [0.1, 0.15) is 56.3 Å². The number of hydrogen-bond acceptors (Lipinski definition) is 0. The summed E-state index contributed by atoms with van der Waals surface area (Å²) >= 11 is 3.94. The molecule has 34 heavy (non-hydrogen) atoms. The minimum absolute atomic E-state index is 0.0704. The Morgan fingerprint density at radius 3 is 1.53 bits per heavy atom. The van der Waals surface area contributed by atoms with Crippen LogP contribution in [0, 0.1) is 0 Å². The first-order valence-electron chi connectivity index (χ1n) is 11.9. The van der Waals surface area contributed by atoms with Gasteiger partial charge in [-0.05, 0) is 0 Å². The Balaban J connectivity index is 1.38. The van der Waals surface area contributed by atoms with E-state index in [1.165, 1.54) is 44.5 Å². The molecule has 0 spiro atoms. The van der Waals surface area contributed by atoms with Crippen LogP contribution >= 0.6 is 0 Å². The number of hydrogen-bond donors (Lipinski definition) is 0. The third kappa shape index (κ3) is 2.26. The molecule has 0 nitrogen and oxygen atoms in total. The molecular formula is C32H21Se2. The van der Waals surface area contributed by atoms with Crippen molar-refractivity contribution in [2.75, 3.05) is 0 Å². The van der Waals surface area contributed by atoms with Gasteiger partial charge in [-0.25, -0.2) is 0 Å². The molecule has 0 saturated heterocycles. The van der Waals surface area contributed by atoms with Gasteiger partial charge in [-0.15, -0.1) is 0 Å². The van der Waals surface area contributed by atoms with Gasteiger partial charge in [0.05, 0.1) is 0 Å². The van der Waals surface area contributed by atoms with Crippen molar-refractivity contribution in [3.05, 3.63) is 164 Å². The molecule has 1 radical (unpaired) electrons. The Morgan fingerprint density at radius 1 is 0.559 bits per heavy atom. The molecule has 2 heteroatoms. The summed E-state index contributed by atoms with van der Waals surface area (Å²) in [4.78, 5) is 0. The zero-order chi connectivity index (χ0) is 22.5. The van der Waals surface area contributed by atoms with E-state index in [2.05, 4.69) is 131 Å². The van der Waals surface area contributed by atoms with Gasteiger partial charge in [0.15, 0.2) is 0 Å². The van der Waals surface area contributed by atoms with Crippen LogP contribution in [0.4, 0.5) is 0 Å². The molecule has 0 aromatic heterocycles. The predicted octanol–water partition coefficient (Wildman–Crippen LogP) is 6.10. The van der Waals surface area contributed by atoms with Gasteiger partial charge in [0.2, 0.25) is 0 Å². The van der Waals surface area contributed by atoms with Gasteiger partial charge in [-0.1, -0.05) is 0 Å². The molecule has 4 aromatic carbocycles. The summed E-state index contributed by atoms with van der Waals surface area (Å²) in [6, 6.07) is 36.5. The van der Waals surface area contributed by atoms with E-state index in [1.54, 1.807) is 4.47 Å². The number of benzene rings is 4. The second-order valence-corrected chi connectivity index (χ2v) is 13.7. The van der Waals surface area contributed by atoms with E-state index in [4.69, 9.17) is 0 Å². The van der Waals surface area contributed by atoms with Crippen molar-refractivity contribution >= 4 is 31.0 Å². The van der Waals surface area contributed by atoms with E-state index in [0.29, 0.717) is 11.8 Å². The topological polar surface area (TPSA) is 0 Å². The fourth-order valence-corrected chi connectivity index (χ4v) is 11.6. The fourth-order valence-electron chi connectivity index (χ4n) is 6.77. The Hall–Kier alpha value is -2.60. The molecule has 6 aliphatic carbocycles. The second-order valence-electron chi connectivity index (χ2n) is 9.71. The average Bonchev–Trinajstić information content (AvgIpc) is 2.91. The van der Waals surface area contributed by atoms with E-state index in [9.17, 15) is 0 Å². The van der Waals surface area contributed by atoms with Gasteiger partial charge in [-0.3, -0.25) is 0 Å². The van der Waals surface area contributed by atoms with Crippen molar-refractivity contribution < 1.29 is 0 Å². The van der Waals surface area contributed by atoms with E-state index < -0.39 is 0 Å². The summed E-state index contributed by atoms with van der Waals surface area (Å²) in [6.45, 7) is 0. The Morgan fingerprint density at radius 2 is 1.00 bits per heavy atom. The molecular weight excluding hydrogens is 542 g/mol. The van der Waals surface area contributed by atoms with Crippen molar-refractivity contribution in [3.63, 3.8) is 0 Å². The van der Waals surface area contributed by atoms with Crippen LogP contribution in [0.3, 0.4) is 0 Å². The minimum atomic E-state index is -0.206. The number of rotatable bonds is 2. The van der Waals surface area contributed by atoms with Gasteiger partial charge in [0.1, 0.15) is 0 Å². The quantitative estimate of drug-likeness (QED) is 0.204. The van der Waals surface area contributed by atoms with Gasteiger partial charge < -0.3 is 0 Å². The normalized spacial score (nSPS) is 28.6.